The van der Waals surface area contributed by atoms with Crippen LogP contribution in [0.25, 0.3) is 27.7 Å². The van der Waals surface area contributed by atoms with Gasteiger partial charge < -0.3 is 14.5 Å². The van der Waals surface area contributed by atoms with Gasteiger partial charge in [0.2, 0.25) is 5.91 Å². The summed E-state index contributed by atoms with van der Waals surface area (Å²) in [6.45, 7) is 4.82. The van der Waals surface area contributed by atoms with E-state index in [1.165, 1.54) is 0 Å². The zero-order chi connectivity index (χ0) is 21.6. The van der Waals surface area contributed by atoms with E-state index in [4.69, 9.17) is 9.15 Å². The van der Waals surface area contributed by atoms with E-state index in [9.17, 15) is 4.79 Å². The minimum Gasteiger partial charge on any atom is -0.493 e. The number of furan rings is 1. The van der Waals surface area contributed by atoms with E-state index in [2.05, 4.69) is 22.4 Å². The second-order valence-corrected chi connectivity index (χ2v) is 7.19. The maximum Gasteiger partial charge on any atom is 0.244 e. The number of benzene rings is 2. The van der Waals surface area contributed by atoms with Crippen LogP contribution >= 0.6 is 0 Å². The van der Waals surface area contributed by atoms with Gasteiger partial charge >= 0.3 is 0 Å². The minimum atomic E-state index is -0.160. The molecule has 156 valence electrons. The van der Waals surface area contributed by atoms with E-state index in [-0.39, 0.29) is 5.91 Å². The Hall–Kier alpha value is -3.86. The van der Waals surface area contributed by atoms with Crippen LogP contribution in [0.2, 0.25) is 0 Å². The van der Waals surface area contributed by atoms with Crippen LogP contribution in [0.4, 0.5) is 0 Å². The topological polar surface area (TPSA) is 64.4 Å². The van der Waals surface area contributed by atoms with Crippen LogP contribution < -0.4 is 10.1 Å². The molecule has 4 rings (SSSR count). The summed E-state index contributed by atoms with van der Waals surface area (Å²) in [5.74, 6) is 0.534. The van der Waals surface area contributed by atoms with E-state index >= 15 is 0 Å². The molecule has 0 aliphatic heterocycles. The van der Waals surface area contributed by atoms with Crippen LogP contribution in [0.15, 0.2) is 83.7 Å². The number of ether oxygens (including phenoxy) is 1. The lowest BCUT2D eigenvalue weighted by Crippen LogP contribution is -2.20. The van der Waals surface area contributed by atoms with Crippen molar-refractivity contribution >= 4 is 22.4 Å². The summed E-state index contributed by atoms with van der Waals surface area (Å²) in [7, 11) is 0. The van der Waals surface area contributed by atoms with Gasteiger partial charge in [-0.05, 0) is 48.7 Å². The van der Waals surface area contributed by atoms with Crippen LogP contribution in [-0.2, 0) is 11.3 Å². The summed E-state index contributed by atoms with van der Waals surface area (Å²) in [6, 6.07) is 17.8. The first-order valence-electron chi connectivity index (χ1n) is 10.2. The molecule has 0 bridgehead atoms. The number of carbonyl (C=O) groups excluding carboxylic acids is 1. The predicted octanol–water partition coefficient (Wildman–Crippen LogP) is 5.61. The lowest BCUT2D eigenvalue weighted by Gasteiger charge is -2.12. The van der Waals surface area contributed by atoms with E-state index in [0.29, 0.717) is 18.9 Å². The SMILES string of the molecule is CCOc1cc2occ(-c3ccccc3)c2cc1/C(C)=C/C(=O)NCc1ccncc1. The number of pyridine rings is 1. The molecule has 0 aliphatic carbocycles. The Morgan fingerprint density at radius 1 is 1.13 bits per heavy atom. The van der Waals surface area contributed by atoms with Gasteiger partial charge in [0, 0.05) is 47.6 Å². The number of hydrogen-bond acceptors (Lipinski definition) is 4. The average molecular weight is 412 g/mol. The fourth-order valence-electron chi connectivity index (χ4n) is 3.49. The Labute approximate surface area is 181 Å². The Kier molecular flexibility index (Phi) is 6.13. The van der Waals surface area contributed by atoms with Gasteiger partial charge in [0.25, 0.3) is 0 Å². The van der Waals surface area contributed by atoms with Crippen LogP contribution in [-0.4, -0.2) is 17.5 Å². The predicted molar refractivity (Wildman–Crippen MR) is 123 cm³/mol. The van der Waals surface area contributed by atoms with Gasteiger partial charge in [0.05, 0.1) is 12.9 Å². The molecule has 5 nitrogen and oxygen atoms in total. The summed E-state index contributed by atoms with van der Waals surface area (Å²) in [5, 5.41) is 3.90. The molecule has 2 aromatic carbocycles. The van der Waals surface area contributed by atoms with Crippen molar-refractivity contribution in [3.05, 3.63) is 90.5 Å². The van der Waals surface area contributed by atoms with E-state index < -0.39 is 0 Å². The molecule has 0 saturated carbocycles. The number of fused-ring (bicyclic) bond motifs is 1. The Bertz CT molecular complexity index is 1210. The highest BCUT2D eigenvalue weighted by Crippen LogP contribution is 2.37. The normalized spacial score (nSPS) is 11.5. The van der Waals surface area contributed by atoms with Crippen LogP contribution in [0.1, 0.15) is 25.0 Å². The second-order valence-electron chi connectivity index (χ2n) is 7.19. The number of nitrogens with zero attached hydrogens (tertiary/aromatic N) is 1. The summed E-state index contributed by atoms with van der Waals surface area (Å²) in [6.07, 6.45) is 6.79. The molecule has 1 amide bonds. The van der Waals surface area contributed by atoms with Crippen LogP contribution in [0.5, 0.6) is 5.75 Å². The zero-order valence-electron chi connectivity index (χ0n) is 17.6. The quantitative estimate of drug-likeness (QED) is 0.401. The highest BCUT2D eigenvalue weighted by Gasteiger charge is 2.15. The third-order valence-corrected chi connectivity index (χ3v) is 5.05. The number of aromatic nitrogens is 1. The summed E-state index contributed by atoms with van der Waals surface area (Å²) >= 11 is 0. The zero-order valence-corrected chi connectivity index (χ0v) is 17.6. The molecule has 0 unspecified atom stereocenters. The number of allylic oxidation sites excluding steroid dienone is 1. The molecule has 1 N–H and O–H groups in total. The number of nitrogens with one attached hydrogen (secondary N) is 1. The largest absolute Gasteiger partial charge is 0.493 e. The third kappa shape index (κ3) is 4.67. The molecule has 0 fully saturated rings. The maximum absolute atomic E-state index is 12.5. The van der Waals surface area contributed by atoms with Crippen LogP contribution in [0.3, 0.4) is 0 Å². The first-order chi connectivity index (χ1) is 15.2. The number of hydrogen-bond donors (Lipinski definition) is 1. The molecule has 0 spiro atoms. The summed E-state index contributed by atoms with van der Waals surface area (Å²) < 4.78 is 11.7. The van der Waals surface area contributed by atoms with Crippen LogP contribution in [0, 0.1) is 0 Å². The molecule has 5 heteroatoms. The highest BCUT2D eigenvalue weighted by atomic mass is 16.5. The molecule has 0 aliphatic rings. The van der Waals surface area contributed by atoms with Gasteiger partial charge in [-0.15, -0.1) is 0 Å². The van der Waals surface area contributed by atoms with Gasteiger partial charge in [-0.25, -0.2) is 0 Å². The number of amides is 1. The highest BCUT2D eigenvalue weighted by molar-refractivity contribution is 6.00. The molecule has 2 heterocycles. The molecule has 0 radical (unpaired) electrons. The first-order valence-corrected chi connectivity index (χ1v) is 10.2. The second kappa shape index (κ2) is 9.30. The van der Waals surface area contributed by atoms with Crippen molar-refractivity contribution in [3.8, 4) is 16.9 Å². The Balaban J connectivity index is 1.66. The van der Waals surface area contributed by atoms with Crippen molar-refractivity contribution in [1.82, 2.24) is 10.3 Å². The van der Waals surface area contributed by atoms with Crippen molar-refractivity contribution in [2.45, 2.75) is 20.4 Å². The molecule has 0 saturated heterocycles. The summed E-state index contributed by atoms with van der Waals surface area (Å²) in [5.41, 5.74) is 5.52. The summed E-state index contributed by atoms with van der Waals surface area (Å²) in [4.78, 5) is 16.5. The van der Waals surface area contributed by atoms with Gasteiger partial charge in [0.15, 0.2) is 0 Å². The fourth-order valence-corrected chi connectivity index (χ4v) is 3.49. The molecule has 0 atom stereocenters. The molecule has 31 heavy (non-hydrogen) atoms. The van der Waals surface area contributed by atoms with Gasteiger partial charge in [-0.1, -0.05) is 30.3 Å². The smallest absolute Gasteiger partial charge is 0.244 e. The Morgan fingerprint density at radius 2 is 1.90 bits per heavy atom. The van der Waals surface area contributed by atoms with E-state index in [0.717, 1.165) is 38.8 Å². The fraction of sp³-hybridized carbons (Fsp3) is 0.154. The van der Waals surface area contributed by atoms with Crippen molar-refractivity contribution in [3.63, 3.8) is 0 Å². The van der Waals surface area contributed by atoms with Gasteiger partial charge in [-0.3, -0.25) is 9.78 Å². The monoisotopic (exact) mass is 412 g/mol. The molecular formula is C26H24N2O3. The van der Waals surface area contributed by atoms with Crippen molar-refractivity contribution in [2.24, 2.45) is 0 Å². The van der Waals surface area contributed by atoms with Crippen molar-refractivity contribution in [2.75, 3.05) is 6.61 Å². The third-order valence-electron chi connectivity index (χ3n) is 5.05. The lowest BCUT2D eigenvalue weighted by molar-refractivity contribution is -0.116. The average Bonchev–Trinajstić information content (AvgIpc) is 3.21. The Morgan fingerprint density at radius 3 is 2.65 bits per heavy atom. The lowest BCUT2D eigenvalue weighted by atomic mass is 9.99. The van der Waals surface area contributed by atoms with E-state index in [1.807, 2.05) is 56.3 Å². The van der Waals surface area contributed by atoms with Gasteiger partial charge in [-0.2, -0.15) is 0 Å². The molecular weight excluding hydrogens is 388 g/mol. The minimum absolute atomic E-state index is 0.160. The molecule has 4 aromatic rings. The first kappa shape index (κ1) is 20.4. The van der Waals surface area contributed by atoms with Crippen molar-refractivity contribution in [1.29, 1.82) is 0 Å². The number of carbonyl (C=O) groups is 1. The van der Waals surface area contributed by atoms with E-state index in [1.54, 1.807) is 24.7 Å². The maximum atomic E-state index is 12.5. The van der Waals surface area contributed by atoms with Gasteiger partial charge in [0.1, 0.15) is 11.3 Å². The van der Waals surface area contributed by atoms with Crippen molar-refractivity contribution < 1.29 is 13.9 Å². The number of rotatable bonds is 7. The standard InChI is InChI=1S/C26H24N2O3/c1-3-30-24-15-25-22(23(17-31-25)20-7-5-4-6-8-20)14-21(24)18(2)13-26(29)28-16-19-9-11-27-12-10-19/h4-15,17H,3,16H2,1-2H3,(H,28,29)/b18-13+. The molecule has 2 aromatic heterocycles.